The summed E-state index contributed by atoms with van der Waals surface area (Å²) >= 11 is 0. The zero-order valence-corrected chi connectivity index (χ0v) is 12.1. The molecule has 1 aromatic rings. The fourth-order valence-electron chi connectivity index (χ4n) is 3.23. The van der Waals surface area contributed by atoms with Crippen molar-refractivity contribution in [1.82, 2.24) is 0 Å². The van der Waals surface area contributed by atoms with E-state index in [1.165, 1.54) is 37.7 Å². The van der Waals surface area contributed by atoms with E-state index in [0.717, 1.165) is 23.7 Å². The van der Waals surface area contributed by atoms with E-state index < -0.39 is 0 Å². The van der Waals surface area contributed by atoms with Crippen molar-refractivity contribution < 1.29 is 0 Å². The van der Waals surface area contributed by atoms with Crippen LogP contribution in [0, 0.1) is 18.3 Å². The summed E-state index contributed by atoms with van der Waals surface area (Å²) in [4.78, 5) is 2.29. The van der Waals surface area contributed by atoms with Crippen LogP contribution in [0.3, 0.4) is 0 Å². The highest BCUT2D eigenvalue weighted by molar-refractivity contribution is 6.01. The lowest BCUT2D eigenvalue weighted by atomic mass is 9.88. The summed E-state index contributed by atoms with van der Waals surface area (Å²) in [5, 5.41) is 7.74. The maximum absolute atomic E-state index is 7.74. The van der Waals surface area contributed by atoms with E-state index in [0.29, 0.717) is 0 Å². The highest BCUT2D eigenvalue weighted by Crippen LogP contribution is 2.29. The van der Waals surface area contributed by atoms with Crippen molar-refractivity contribution in [3.05, 3.63) is 29.3 Å². The third kappa shape index (κ3) is 3.28. The summed E-state index contributed by atoms with van der Waals surface area (Å²) < 4.78 is 0. The van der Waals surface area contributed by atoms with Crippen molar-refractivity contribution in [2.24, 2.45) is 11.7 Å². The number of aryl methyl sites for hydroxylation is 1. The lowest BCUT2D eigenvalue weighted by Crippen LogP contribution is -2.29. The SMILES string of the molecule is Cc1cccc(C(=N)N)c1N(C)CC1CCCCC1. The molecule has 0 bridgehead atoms. The number of para-hydroxylation sites is 1. The first-order chi connectivity index (χ1) is 9.09. The van der Waals surface area contributed by atoms with Crippen LogP contribution in [0.25, 0.3) is 0 Å². The van der Waals surface area contributed by atoms with Gasteiger partial charge in [0.25, 0.3) is 0 Å². The number of nitrogens with one attached hydrogen (secondary N) is 1. The molecule has 0 aromatic heterocycles. The smallest absolute Gasteiger partial charge is 0.124 e. The summed E-state index contributed by atoms with van der Waals surface area (Å²) in [6.45, 7) is 3.17. The molecule has 0 radical (unpaired) electrons. The normalized spacial score (nSPS) is 16.3. The summed E-state index contributed by atoms with van der Waals surface area (Å²) in [5.74, 6) is 0.951. The number of anilines is 1. The Labute approximate surface area is 116 Å². The molecule has 0 atom stereocenters. The van der Waals surface area contributed by atoms with Gasteiger partial charge in [0.2, 0.25) is 0 Å². The third-order valence-corrected chi connectivity index (χ3v) is 4.17. The predicted octanol–water partition coefficient (Wildman–Crippen LogP) is 3.30. The fourth-order valence-corrected chi connectivity index (χ4v) is 3.23. The molecular weight excluding hydrogens is 234 g/mol. The van der Waals surface area contributed by atoms with Crippen LogP contribution in [0.1, 0.15) is 43.2 Å². The second-order valence-electron chi connectivity index (χ2n) is 5.77. The molecule has 104 valence electrons. The molecule has 1 aliphatic rings. The van der Waals surface area contributed by atoms with Crippen molar-refractivity contribution in [2.75, 3.05) is 18.5 Å². The number of benzene rings is 1. The number of nitrogen functional groups attached to an aromatic ring is 1. The average Bonchev–Trinajstić information content (AvgIpc) is 2.39. The van der Waals surface area contributed by atoms with Gasteiger partial charge in [0.1, 0.15) is 5.84 Å². The van der Waals surface area contributed by atoms with Crippen LogP contribution in [0.2, 0.25) is 0 Å². The number of nitrogens with two attached hydrogens (primary N) is 1. The molecule has 1 aromatic carbocycles. The first-order valence-electron chi connectivity index (χ1n) is 7.24. The molecule has 1 aliphatic carbocycles. The van der Waals surface area contributed by atoms with E-state index in [-0.39, 0.29) is 5.84 Å². The zero-order valence-electron chi connectivity index (χ0n) is 12.1. The zero-order chi connectivity index (χ0) is 13.8. The van der Waals surface area contributed by atoms with Crippen LogP contribution in [-0.4, -0.2) is 19.4 Å². The fraction of sp³-hybridized carbons (Fsp3) is 0.562. The molecule has 19 heavy (non-hydrogen) atoms. The predicted molar refractivity (Wildman–Crippen MR) is 82.0 cm³/mol. The van der Waals surface area contributed by atoms with Gasteiger partial charge in [-0.3, -0.25) is 5.41 Å². The third-order valence-electron chi connectivity index (χ3n) is 4.17. The van der Waals surface area contributed by atoms with E-state index in [4.69, 9.17) is 11.1 Å². The highest BCUT2D eigenvalue weighted by atomic mass is 15.1. The minimum atomic E-state index is 0.161. The maximum Gasteiger partial charge on any atom is 0.124 e. The van der Waals surface area contributed by atoms with Crippen LogP contribution in [-0.2, 0) is 0 Å². The van der Waals surface area contributed by atoms with Gasteiger partial charge in [0, 0.05) is 19.2 Å². The minimum Gasteiger partial charge on any atom is -0.384 e. The Bertz CT molecular complexity index is 447. The number of rotatable bonds is 4. The molecule has 0 spiro atoms. The molecule has 0 aliphatic heterocycles. The molecule has 2 rings (SSSR count). The van der Waals surface area contributed by atoms with E-state index in [1.807, 2.05) is 12.1 Å². The van der Waals surface area contributed by atoms with Crippen LogP contribution in [0.15, 0.2) is 18.2 Å². The number of hydrogen-bond acceptors (Lipinski definition) is 2. The first kappa shape index (κ1) is 13.9. The van der Waals surface area contributed by atoms with Gasteiger partial charge in [-0.15, -0.1) is 0 Å². The quantitative estimate of drug-likeness (QED) is 0.644. The van der Waals surface area contributed by atoms with Crippen molar-refractivity contribution in [1.29, 1.82) is 5.41 Å². The van der Waals surface area contributed by atoms with Crippen molar-refractivity contribution in [2.45, 2.75) is 39.0 Å². The monoisotopic (exact) mass is 259 g/mol. The summed E-state index contributed by atoms with van der Waals surface area (Å²) in [6.07, 6.45) is 6.80. The Kier molecular flexibility index (Phi) is 4.46. The first-order valence-corrected chi connectivity index (χ1v) is 7.24. The minimum absolute atomic E-state index is 0.161. The van der Waals surface area contributed by atoms with E-state index in [1.54, 1.807) is 0 Å². The molecule has 1 saturated carbocycles. The standard InChI is InChI=1S/C16H25N3/c1-12-7-6-10-14(16(17)18)15(12)19(2)11-13-8-4-3-5-9-13/h6-7,10,13H,3-5,8-9,11H2,1-2H3,(H3,17,18). The summed E-state index contributed by atoms with van der Waals surface area (Å²) in [6, 6.07) is 6.02. The second kappa shape index (κ2) is 6.09. The molecule has 3 N–H and O–H groups in total. The Morgan fingerprint density at radius 3 is 2.63 bits per heavy atom. The Morgan fingerprint density at radius 2 is 2.00 bits per heavy atom. The molecule has 1 fully saturated rings. The highest BCUT2D eigenvalue weighted by Gasteiger charge is 2.18. The summed E-state index contributed by atoms with van der Waals surface area (Å²) in [5.41, 5.74) is 8.90. The van der Waals surface area contributed by atoms with Crippen molar-refractivity contribution in [3.63, 3.8) is 0 Å². The molecule has 0 amide bonds. The van der Waals surface area contributed by atoms with Crippen LogP contribution >= 0.6 is 0 Å². The molecule has 0 heterocycles. The topological polar surface area (TPSA) is 53.1 Å². The Morgan fingerprint density at radius 1 is 1.32 bits per heavy atom. The number of hydrogen-bond donors (Lipinski definition) is 2. The largest absolute Gasteiger partial charge is 0.384 e. The second-order valence-corrected chi connectivity index (χ2v) is 5.77. The van der Waals surface area contributed by atoms with Gasteiger partial charge in [-0.2, -0.15) is 0 Å². The average molecular weight is 259 g/mol. The van der Waals surface area contributed by atoms with Gasteiger partial charge in [-0.05, 0) is 37.3 Å². The number of amidine groups is 1. The van der Waals surface area contributed by atoms with Crippen molar-refractivity contribution in [3.8, 4) is 0 Å². The molecular formula is C16H25N3. The Balaban J connectivity index is 2.17. The maximum atomic E-state index is 7.74. The van der Waals surface area contributed by atoms with Gasteiger partial charge < -0.3 is 10.6 Å². The molecule has 3 heteroatoms. The Hall–Kier alpha value is -1.51. The lowest BCUT2D eigenvalue weighted by Gasteiger charge is -2.30. The number of nitrogens with zero attached hydrogens (tertiary/aromatic N) is 1. The van der Waals surface area contributed by atoms with Gasteiger partial charge >= 0.3 is 0 Å². The molecule has 0 saturated heterocycles. The van der Waals surface area contributed by atoms with Gasteiger partial charge in [0.15, 0.2) is 0 Å². The summed E-state index contributed by atoms with van der Waals surface area (Å²) in [7, 11) is 2.13. The van der Waals surface area contributed by atoms with Crippen LogP contribution in [0.4, 0.5) is 5.69 Å². The van der Waals surface area contributed by atoms with E-state index in [9.17, 15) is 0 Å². The van der Waals surface area contributed by atoms with Gasteiger partial charge in [-0.1, -0.05) is 31.4 Å². The van der Waals surface area contributed by atoms with E-state index in [2.05, 4.69) is 24.9 Å². The van der Waals surface area contributed by atoms with Crippen LogP contribution in [0.5, 0.6) is 0 Å². The van der Waals surface area contributed by atoms with Gasteiger partial charge in [0.05, 0.1) is 5.69 Å². The molecule has 3 nitrogen and oxygen atoms in total. The van der Waals surface area contributed by atoms with E-state index >= 15 is 0 Å². The van der Waals surface area contributed by atoms with Gasteiger partial charge in [-0.25, -0.2) is 0 Å². The lowest BCUT2D eigenvalue weighted by molar-refractivity contribution is 0.362. The molecule has 0 unspecified atom stereocenters. The van der Waals surface area contributed by atoms with Crippen molar-refractivity contribution >= 4 is 11.5 Å². The van der Waals surface area contributed by atoms with Crippen LogP contribution < -0.4 is 10.6 Å².